The van der Waals surface area contributed by atoms with Crippen LogP contribution in [-0.2, 0) is 4.74 Å². The third-order valence-electron chi connectivity index (χ3n) is 3.45. The summed E-state index contributed by atoms with van der Waals surface area (Å²) in [6, 6.07) is 4.84. The lowest BCUT2D eigenvalue weighted by molar-refractivity contribution is 0.0318. The van der Waals surface area contributed by atoms with E-state index in [0.29, 0.717) is 19.3 Å². The molecule has 2 rings (SSSR count). The van der Waals surface area contributed by atoms with Crippen LogP contribution in [0.5, 0.6) is 5.75 Å². The maximum Gasteiger partial charge on any atom is 0.255 e. The normalized spacial score (nSPS) is 15.9. The number of piperidine rings is 1. The van der Waals surface area contributed by atoms with Crippen LogP contribution in [0.4, 0.5) is 0 Å². The number of carbonyl (C=O) groups excluding carboxylic acids is 1. The molecule has 0 aliphatic carbocycles. The van der Waals surface area contributed by atoms with Crippen LogP contribution in [0.1, 0.15) is 29.6 Å². The summed E-state index contributed by atoms with van der Waals surface area (Å²) in [5.41, 5.74) is 0.289. The van der Waals surface area contributed by atoms with Crippen molar-refractivity contribution in [2.24, 2.45) is 0 Å². The van der Waals surface area contributed by atoms with Gasteiger partial charge in [0.2, 0.25) is 0 Å². The van der Waals surface area contributed by atoms with E-state index in [1.807, 2.05) is 0 Å². The van der Waals surface area contributed by atoms with E-state index in [2.05, 4.69) is 26.6 Å². The Labute approximate surface area is 133 Å². The first-order valence-corrected chi connectivity index (χ1v) is 8.05. The minimum atomic E-state index is -0.262. The van der Waals surface area contributed by atoms with E-state index < -0.39 is 0 Å². The van der Waals surface area contributed by atoms with Gasteiger partial charge in [0.25, 0.3) is 5.91 Å². The van der Waals surface area contributed by atoms with Crippen LogP contribution in [0.2, 0.25) is 0 Å². The maximum atomic E-state index is 11.9. The summed E-state index contributed by atoms with van der Waals surface area (Å²) in [4.78, 5) is 11.9. The Morgan fingerprint density at radius 3 is 2.90 bits per heavy atom. The van der Waals surface area contributed by atoms with E-state index in [-0.39, 0.29) is 17.2 Å². The maximum absolute atomic E-state index is 11.9. The van der Waals surface area contributed by atoms with Crippen molar-refractivity contribution in [1.82, 2.24) is 10.6 Å². The fraction of sp³-hybridized carbons (Fsp3) is 0.533. The number of aromatic hydroxyl groups is 1. The van der Waals surface area contributed by atoms with Crippen molar-refractivity contribution in [3.05, 3.63) is 28.2 Å². The number of rotatable bonds is 6. The number of carbonyl (C=O) groups is 1. The molecule has 1 fully saturated rings. The van der Waals surface area contributed by atoms with Crippen LogP contribution >= 0.6 is 15.9 Å². The molecule has 6 heteroatoms. The van der Waals surface area contributed by atoms with Crippen LogP contribution < -0.4 is 10.6 Å². The highest BCUT2D eigenvalue weighted by molar-refractivity contribution is 9.10. The standard InChI is InChI=1S/C15H21BrN2O3/c16-11-2-3-13(14(19)10-11)15(20)18-6-1-9-21-12-4-7-17-8-5-12/h2-3,10,12,17,19H,1,4-9H2,(H,18,20). The lowest BCUT2D eigenvalue weighted by atomic mass is 10.1. The van der Waals surface area contributed by atoms with Gasteiger partial charge in [0, 0.05) is 17.6 Å². The SMILES string of the molecule is O=C(NCCCOC1CCNCC1)c1ccc(Br)cc1O. The zero-order valence-corrected chi connectivity index (χ0v) is 13.5. The van der Waals surface area contributed by atoms with Crippen LogP contribution in [0, 0.1) is 0 Å². The number of hydrogen-bond acceptors (Lipinski definition) is 4. The average molecular weight is 357 g/mol. The fourth-order valence-electron chi connectivity index (χ4n) is 2.28. The zero-order chi connectivity index (χ0) is 15.1. The lowest BCUT2D eigenvalue weighted by Crippen LogP contribution is -2.33. The summed E-state index contributed by atoms with van der Waals surface area (Å²) < 4.78 is 6.51. The molecule has 0 radical (unpaired) electrons. The van der Waals surface area contributed by atoms with Crippen LogP contribution in [0.15, 0.2) is 22.7 Å². The molecule has 0 unspecified atom stereocenters. The third kappa shape index (κ3) is 5.30. The van der Waals surface area contributed by atoms with E-state index in [0.717, 1.165) is 36.8 Å². The Bertz CT molecular complexity index is 476. The first kappa shape index (κ1) is 16.3. The topological polar surface area (TPSA) is 70.6 Å². The number of benzene rings is 1. The van der Waals surface area contributed by atoms with E-state index in [9.17, 15) is 9.90 Å². The van der Waals surface area contributed by atoms with E-state index >= 15 is 0 Å². The molecule has 21 heavy (non-hydrogen) atoms. The molecular weight excluding hydrogens is 336 g/mol. The third-order valence-corrected chi connectivity index (χ3v) is 3.94. The van der Waals surface area contributed by atoms with Crippen molar-refractivity contribution >= 4 is 21.8 Å². The molecule has 3 N–H and O–H groups in total. The quantitative estimate of drug-likeness (QED) is 0.682. The summed E-state index contributed by atoms with van der Waals surface area (Å²) in [6.45, 7) is 3.23. The Kier molecular flexibility index (Phi) is 6.48. The van der Waals surface area contributed by atoms with Crippen LogP contribution in [0.3, 0.4) is 0 Å². The van der Waals surface area contributed by atoms with Crippen molar-refractivity contribution < 1.29 is 14.6 Å². The Hall–Kier alpha value is -1.11. The summed E-state index contributed by atoms with van der Waals surface area (Å²) >= 11 is 3.24. The average Bonchev–Trinajstić information content (AvgIpc) is 2.47. The molecule has 1 aromatic rings. The van der Waals surface area contributed by atoms with Crippen molar-refractivity contribution in [3.8, 4) is 5.75 Å². The van der Waals surface area contributed by atoms with Gasteiger partial charge < -0.3 is 20.5 Å². The van der Waals surface area contributed by atoms with E-state index in [1.165, 1.54) is 6.07 Å². The number of hydrogen-bond donors (Lipinski definition) is 3. The second-order valence-corrected chi connectivity index (χ2v) is 6.01. The van der Waals surface area contributed by atoms with Crippen LogP contribution in [-0.4, -0.2) is 43.4 Å². The highest BCUT2D eigenvalue weighted by Gasteiger charge is 2.13. The molecule has 1 saturated heterocycles. The molecule has 0 aromatic heterocycles. The van der Waals surface area contributed by atoms with Gasteiger partial charge in [-0.15, -0.1) is 0 Å². The zero-order valence-electron chi connectivity index (χ0n) is 11.9. The molecule has 1 heterocycles. The molecule has 0 spiro atoms. The minimum Gasteiger partial charge on any atom is -0.507 e. The van der Waals surface area contributed by atoms with Gasteiger partial charge in [-0.1, -0.05) is 15.9 Å². The van der Waals surface area contributed by atoms with Crippen molar-refractivity contribution in [3.63, 3.8) is 0 Å². The molecule has 1 amide bonds. The second-order valence-electron chi connectivity index (χ2n) is 5.09. The molecular formula is C15H21BrN2O3. The van der Waals surface area contributed by atoms with Crippen molar-refractivity contribution in [2.75, 3.05) is 26.2 Å². The predicted octanol–water partition coefficient (Wildman–Crippen LogP) is 2.04. The van der Waals surface area contributed by atoms with Gasteiger partial charge in [0.15, 0.2) is 0 Å². The molecule has 116 valence electrons. The molecule has 0 saturated carbocycles. The monoisotopic (exact) mass is 356 g/mol. The summed E-state index contributed by atoms with van der Waals surface area (Å²) in [6.07, 6.45) is 3.23. The van der Waals surface area contributed by atoms with Crippen molar-refractivity contribution in [2.45, 2.75) is 25.4 Å². The van der Waals surface area contributed by atoms with Crippen LogP contribution in [0.25, 0.3) is 0 Å². The van der Waals surface area contributed by atoms with Gasteiger partial charge in [-0.25, -0.2) is 0 Å². The summed E-state index contributed by atoms with van der Waals surface area (Å²) in [7, 11) is 0. The smallest absolute Gasteiger partial charge is 0.255 e. The summed E-state index contributed by atoms with van der Waals surface area (Å²) in [5.74, 6) is -0.283. The highest BCUT2D eigenvalue weighted by atomic mass is 79.9. The number of halogens is 1. The molecule has 1 aliphatic heterocycles. The first-order chi connectivity index (χ1) is 10.2. The van der Waals surface area contributed by atoms with Gasteiger partial charge in [0.05, 0.1) is 11.7 Å². The van der Waals surface area contributed by atoms with Gasteiger partial charge >= 0.3 is 0 Å². The largest absolute Gasteiger partial charge is 0.507 e. The number of amides is 1. The van der Waals surface area contributed by atoms with Gasteiger partial charge in [-0.05, 0) is 50.6 Å². The number of nitrogens with one attached hydrogen (secondary N) is 2. The number of phenolic OH excluding ortho intramolecular Hbond substituents is 1. The molecule has 0 atom stereocenters. The number of ether oxygens (including phenoxy) is 1. The first-order valence-electron chi connectivity index (χ1n) is 7.26. The van der Waals surface area contributed by atoms with Gasteiger partial charge in [-0.3, -0.25) is 4.79 Å². The minimum absolute atomic E-state index is 0.0205. The second kappa shape index (κ2) is 8.36. The van der Waals surface area contributed by atoms with Gasteiger partial charge in [-0.2, -0.15) is 0 Å². The Morgan fingerprint density at radius 2 is 2.19 bits per heavy atom. The van der Waals surface area contributed by atoms with E-state index in [1.54, 1.807) is 12.1 Å². The molecule has 5 nitrogen and oxygen atoms in total. The Balaban J connectivity index is 1.64. The van der Waals surface area contributed by atoms with Crippen molar-refractivity contribution in [1.29, 1.82) is 0 Å². The Morgan fingerprint density at radius 1 is 1.43 bits per heavy atom. The lowest BCUT2D eigenvalue weighted by Gasteiger charge is -2.22. The van der Waals surface area contributed by atoms with Gasteiger partial charge in [0.1, 0.15) is 5.75 Å². The summed E-state index contributed by atoms with van der Waals surface area (Å²) in [5, 5.41) is 15.8. The molecule has 1 aliphatic rings. The highest BCUT2D eigenvalue weighted by Crippen LogP contribution is 2.22. The van der Waals surface area contributed by atoms with E-state index in [4.69, 9.17) is 4.74 Å². The predicted molar refractivity (Wildman–Crippen MR) is 84.6 cm³/mol. The number of phenols is 1. The fourth-order valence-corrected chi connectivity index (χ4v) is 2.63. The molecule has 1 aromatic carbocycles. The molecule has 0 bridgehead atoms.